The standard InChI is InChI=1S/C5H11BrO2/c1-3-8-5(7)4(2)6/h4-5,7H,3H2,1-2H3. The van der Waals surface area contributed by atoms with Crippen LogP contribution in [0.15, 0.2) is 0 Å². The first-order valence-corrected chi connectivity index (χ1v) is 3.53. The second kappa shape index (κ2) is 4.30. The lowest BCUT2D eigenvalue weighted by Gasteiger charge is -2.11. The molecule has 0 fully saturated rings. The van der Waals surface area contributed by atoms with E-state index in [1.807, 2.05) is 13.8 Å². The quantitative estimate of drug-likeness (QED) is 0.524. The summed E-state index contributed by atoms with van der Waals surface area (Å²) in [6.45, 7) is 4.23. The summed E-state index contributed by atoms with van der Waals surface area (Å²) in [5.41, 5.74) is 0. The second-order valence-electron chi connectivity index (χ2n) is 1.52. The average molecular weight is 183 g/mol. The first-order valence-electron chi connectivity index (χ1n) is 2.62. The van der Waals surface area contributed by atoms with Crippen LogP contribution in [0.2, 0.25) is 0 Å². The normalized spacial score (nSPS) is 18.0. The van der Waals surface area contributed by atoms with Crippen LogP contribution in [0.1, 0.15) is 13.8 Å². The molecule has 0 heterocycles. The Morgan fingerprint density at radius 3 is 2.38 bits per heavy atom. The Hall–Kier alpha value is 0.400. The Labute approximate surface area is 58.0 Å². The molecule has 8 heavy (non-hydrogen) atoms. The monoisotopic (exact) mass is 182 g/mol. The predicted molar refractivity (Wildman–Crippen MR) is 36.0 cm³/mol. The Morgan fingerprint density at radius 2 is 2.25 bits per heavy atom. The number of hydrogen-bond acceptors (Lipinski definition) is 2. The minimum absolute atomic E-state index is 0.0162. The zero-order chi connectivity index (χ0) is 6.57. The molecule has 0 radical (unpaired) electrons. The molecule has 2 unspecified atom stereocenters. The summed E-state index contributed by atoms with van der Waals surface area (Å²) >= 11 is 3.17. The summed E-state index contributed by atoms with van der Waals surface area (Å²) < 4.78 is 4.81. The predicted octanol–water partition coefficient (Wildman–Crippen LogP) is 1.12. The van der Waals surface area contributed by atoms with Crippen LogP contribution in [0.25, 0.3) is 0 Å². The van der Waals surface area contributed by atoms with Gasteiger partial charge in [0.25, 0.3) is 0 Å². The number of halogens is 1. The van der Waals surface area contributed by atoms with Crippen molar-refractivity contribution in [2.45, 2.75) is 25.0 Å². The summed E-state index contributed by atoms with van der Waals surface area (Å²) in [7, 11) is 0. The van der Waals surface area contributed by atoms with Crippen molar-refractivity contribution in [2.75, 3.05) is 6.61 Å². The highest BCUT2D eigenvalue weighted by atomic mass is 79.9. The fourth-order valence-electron chi connectivity index (χ4n) is 0.303. The van der Waals surface area contributed by atoms with Gasteiger partial charge in [-0.2, -0.15) is 0 Å². The third kappa shape index (κ3) is 3.41. The van der Waals surface area contributed by atoms with Crippen molar-refractivity contribution in [1.82, 2.24) is 0 Å². The number of alkyl halides is 1. The van der Waals surface area contributed by atoms with E-state index < -0.39 is 6.29 Å². The number of aliphatic hydroxyl groups is 1. The molecule has 0 bridgehead atoms. The van der Waals surface area contributed by atoms with Gasteiger partial charge >= 0.3 is 0 Å². The van der Waals surface area contributed by atoms with Gasteiger partial charge in [0, 0.05) is 6.61 Å². The van der Waals surface area contributed by atoms with Crippen molar-refractivity contribution in [2.24, 2.45) is 0 Å². The topological polar surface area (TPSA) is 29.5 Å². The highest BCUT2D eigenvalue weighted by Crippen LogP contribution is 2.04. The van der Waals surface area contributed by atoms with E-state index in [2.05, 4.69) is 15.9 Å². The van der Waals surface area contributed by atoms with Crippen LogP contribution in [0.3, 0.4) is 0 Å². The van der Waals surface area contributed by atoms with Crippen LogP contribution in [0.4, 0.5) is 0 Å². The lowest BCUT2D eigenvalue weighted by atomic mass is 10.5. The molecule has 0 saturated carbocycles. The minimum Gasteiger partial charge on any atom is -0.367 e. The molecular weight excluding hydrogens is 172 g/mol. The molecule has 0 aromatic heterocycles. The number of aliphatic hydroxyl groups excluding tert-OH is 1. The van der Waals surface area contributed by atoms with Gasteiger partial charge in [0.15, 0.2) is 6.29 Å². The van der Waals surface area contributed by atoms with Crippen molar-refractivity contribution in [3.63, 3.8) is 0 Å². The summed E-state index contributed by atoms with van der Waals surface area (Å²) in [5.74, 6) is 0. The van der Waals surface area contributed by atoms with Crippen molar-refractivity contribution >= 4 is 15.9 Å². The summed E-state index contributed by atoms with van der Waals surface area (Å²) in [4.78, 5) is 0.0162. The van der Waals surface area contributed by atoms with Gasteiger partial charge in [0.05, 0.1) is 4.83 Å². The molecule has 0 spiro atoms. The van der Waals surface area contributed by atoms with Gasteiger partial charge < -0.3 is 9.84 Å². The molecule has 0 aliphatic carbocycles. The third-order valence-corrected chi connectivity index (χ3v) is 1.18. The van der Waals surface area contributed by atoms with Crippen molar-refractivity contribution < 1.29 is 9.84 Å². The third-order valence-electron chi connectivity index (χ3n) is 0.730. The molecule has 0 aromatic rings. The first-order chi connectivity index (χ1) is 3.68. The Morgan fingerprint density at radius 1 is 1.75 bits per heavy atom. The summed E-state index contributed by atoms with van der Waals surface area (Å²) in [6, 6.07) is 0. The van der Waals surface area contributed by atoms with Gasteiger partial charge in [0.2, 0.25) is 0 Å². The summed E-state index contributed by atoms with van der Waals surface area (Å²) in [6.07, 6.45) is -0.667. The van der Waals surface area contributed by atoms with E-state index in [0.717, 1.165) is 0 Å². The molecule has 0 amide bonds. The van der Waals surface area contributed by atoms with Crippen molar-refractivity contribution in [1.29, 1.82) is 0 Å². The van der Waals surface area contributed by atoms with Gasteiger partial charge in [0.1, 0.15) is 0 Å². The number of rotatable bonds is 3. The van der Waals surface area contributed by atoms with E-state index in [9.17, 15) is 0 Å². The lowest BCUT2D eigenvalue weighted by molar-refractivity contribution is -0.0902. The van der Waals surface area contributed by atoms with E-state index in [1.54, 1.807) is 0 Å². The highest BCUT2D eigenvalue weighted by Gasteiger charge is 2.07. The second-order valence-corrected chi connectivity index (χ2v) is 2.97. The molecule has 0 rings (SSSR count). The van der Waals surface area contributed by atoms with Gasteiger partial charge in [-0.15, -0.1) is 0 Å². The van der Waals surface area contributed by atoms with Crippen LogP contribution < -0.4 is 0 Å². The molecule has 0 aromatic carbocycles. The van der Waals surface area contributed by atoms with Gasteiger partial charge in [-0.25, -0.2) is 0 Å². The van der Waals surface area contributed by atoms with Crippen molar-refractivity contribution in [3.8, 4) is 0 Å². The van der Waals surface area contributed by atoms with Gasteiger partial charge in [-0.1, -0.05) is 15.9 Å². The van der Waals surface area contributed by atoms with Crippen LogP contribution >= 0.6 is 15.9 Å². The Kier molecular flexibility index (Phi) is 4.51. The molecule has 1 N–H and O–H groups in total. The molecule has 2 nitrogen and oxygen atoms in total. The smallest absolute Gasteiger partial charge is 0.166 e. The number of ether oxygens (including phenoxy) is 1. The van der Waals surface area contributed by atoms with Crippen LogP contribution in [0, 0.1) is 0 Å². The van der Waals surface area contributed by atoms with Gasteiger partial charge in [-0.05, 0) is 13.8 Å². The van der Waals surface area contributed by atoms with E-state index in [0.29, 0.717) is 6.61 Å². The molecule has 0 aliphatic rings. The molecule has 0 aliphatic heterocycles. The molecule has 0 saturated heterocycles. The maximum Gasteiger partial charge on any atom is 0.166 e. The first kappa shape index (κ1) is 8.40. The van der Waals surface area contributed by atoms with Gasteiger partial charge in [-0.3, -0.25) is 0 Å². The zero-order valence-electron chi connectivity index (χ0n) is 5.10. The average Bonchev–Trinajstić information content (AvgIpc) is 1.67. The van der Waals surface area contributed by atoms with E-state index in [1.165, 1.54) is 0 Å². The molecule has 2 atom stereocenters. The van der Waals surface area contributed by atoms with Crippen LogP contribution in [0.5, 0.6) is 0 Å². The minimum atomic E-state index is -0.667. The summed E-state index contributed by atoms with van der Waals surface area (Å²) in [5, 5.41) is 8.86. The fourth-order valence-corrected chi connectivity index (χ4v) is 0.456. The highest BCUT2D eigenvalue weighted by molar-refractivity contribution is 9.09. The maximum absolute atomic E-state index is 8.86. The number of hydrogen-bond donors (Lipinski definition) is 1. The maximum atomic E-state index is 8.86. The molecular formula is C5H11BrO2. The van der Waals surface area contributed by atoms with Crippen LogP contribution in [-0.2, 0) is 4.74 Å². The van der Waals surface area contributed by atoms with Crippen molar-refractivity contribution in [3.05, 3.63) is 0 Å². The fraction of sp³-hybridized carbons (Fsp3) is 1.00. The molecule has 50 valence electrons. The van der Waals surface area contributed by atoms with E-state index in [4.69, 9.17) is 9.84 Å². The lowest BCUT2D eigenvalue weighted by Crippen LogP contribution is -2.20. The Balaban J connectivity index is 3.17. The largest absolute Gasteiger partial charge is 0.367 e. The van der Waals surface area contributed by atoms with Crippen LogP contribution in [-0.4, -0.2) is 22.8 Å². The zero-order valence-corrected chi connectivity index (χ0v) is 6.68. The molecule has 3 heteroatoms. The Bertz CT molecular complexity index is 56.4. The SMILES string of the molecule is CCOC(O)C(C)Br. The van der Waals surface area contributed by atoms with E-state index in [-0.39, 0.29) is 4.83 Å². The van der Waals surface area contributed by atoms with E-state index >= 15 is 0 Å².